The number of hydrogen-bond acceptors (Lipinski definition) is 6. The lowest BCUT2D eigenvalue weighted by atomic mass is 10.0. The molecule has 0 aliphatic carbocycles. The van der Waals surface area contributed by atoms with Gasteiger partial charge >= 0.3 is 6.18 Å². The number of aromatic nitrogens is 4. The van der Waals surface area contributed by atoms with Crippen molar-refractivity contribution in [3.05, 3.63) is 90.1 Å². The average molecular weight is 547 g/mol. The summed E-state index contributed by atoms with van der Waals surface area (Å²) < 4.78 is 59.4. The molecule has 204 valence electrons. The van der Waals surface area contributed by atoms with E-state index in [0.29, 0.717) is 39.8 Å². The SMILES string of the molecule is COc1ccc(-c2nn(-c3nc(-c4cccc(OC)c4)cc(C(F)(F)F)n3)c(-c3ccc(OC)cc3)c2C)cc1. The second-order valence-electron chi connectivity index (χ2n) is 8.86. The molecular formula is C30H25F3N4O3. The van der Waals surface area contributed by atoms with Gasteiger partial charge in [0.05, 0.1) is 38.4 Å². The molecule has 0 bridgehead atoms. The van der Waals surface area contributed by atoms with Crippen molar-refractivity contribution in [2.24, 2.45) is 0 Å². The number of rotatable bonds is 7. The molecule has 0 amide bonds. The van der Waals surface area contributed by atoms with E-state index in [0.717, 1.165) is 17.2 Å². The van der Waals surface area contributed by atoms with Crippen LogP contribution in [-0.2, 0) is 6.18 Å². The molecule has 0 atom stereocenters. The van der Waals surface area contributed by atoms with Gasteiger partial charge in [-0.1, -0.05) is 12.1 Å². The molecule has 5 rings (SSSR count). The first-order valence-corrected chi connectivity index (χ1v) is 12.2. The third-order valence-corrected chi connectivity index (χ3v) is 6.41. The van der Waals surface area contributed by atoms with Gasteiger partial charge in [-0.15, -0.1) is 0 Å². The van der Waals surface area contributed by atoms with Gasteiger partial charge in [-0.05, 0) is 73.7 Å². The van der Waals surface area contributed by atoms with E-state index < -0.39 is 11.9 Å². The third-order valence-electron chi connectivity index (χ3n) is 6.41. The van der Waals surface area contributed by atoms with Gasteiger partial charge in [0.15, 0.2) is 5.69 Å². The monoisotopic (exact) mass is 546 g/mol. The average Bonchev–Trinajstić information content (AvgIpc) is 3.33. The number of benzene rings is 3. The molecule has 10 heteroatoms. The minimum absolute atomic E-state index is 0.0797. The quantitative estimate of drug-likeness (QED) is 0.219. The number of alkyl halides is 3. The predicted molar refractivity (Wildman–Crippen MR) is 145 cm³/mol. The summed E-state index contributed by atoms with van der Waals surface area (Å²) in [6, 6.07) is 22.0. The number of hydrogen-bond donors (Lipinski definition) is 0. The van der Waals surface area contributed by atoms with Crippen LogP contribution in [0.25, 0.3) is 39.7 Å². The van der Waals surface area contributed by atoms with Gasteiger partial charge in [0.1, 0.15) is 17.2 Å². The molecule has 2 aromatic heterocycles. The van der Waals surface area contributed by atoms with E-state index >= 15 is 0 Å². The summed E-state index contributed by atoms with van der Waals surface area (Å²) in [6.45, 7) is 1.86. The second kappa shape index (κ2) is 10.7. The Balaban J connectivity index is 1.77. The molecule has 0 saturated heterocycles. The molecule has 0 saturated carbocycles. The lowest BCUT2D eigenvalue weighted by molar-refractivity contribution is -0.141. The minimum atomic E-state index is -4.72. The Labute approximate surface area is 228 Å². The fourth-order valence-electron chi connectivity index (χ4n) is 4.36. The van der Waals surface area contributed by atoms with Crippen LogP contribution in [0.1, 0.15) is 11.3 Å². The fraction of sp³-hybridized carbons (Fsp3) is 0.167. The summed E-state index contributed by atoms with van der Waals surface area (Å²) in [4.78, 5) is 8.47. The molecule has 7 nitrogen and oxygen atoms in total. The van der Waals surface area contributed by atoms with Crippen LogP contribution in [-0.4, -0.2) is 41.1 Å². The Morgan fingerprint density at radius 2 is 1.27 bits per heavy atom. The Hall–Kier alpha value is -4.86. The largest absolute Gasteiger partial charge is 0.497 e. The zero-order valence-electron chi connectivity index (χ0n) is 22.2. The van der Waals surface area contributed by atoms with Gasteiger partial charge in [0.25, 0.3) is 5.95 Å². The van der Waals surface area contributed by atoms with Gasteiger partial charge < -0.3 is 14.2 Å². The highest BCUT2D eigenvalue weighted by atomic mass is 19.4. The van der Waals surface area contributed by atoms with Crippen molar-refractivity contribution in [2.45, 2.75) is 13.1 Å². The van der Waals surface area contributed by atoms with Crippen LogP contribution in [0.2, 0.25) is 0 Å². The molecule has 40 heavy (non-hydrogen) atoms. The maximum absolute atomic E-state index is 14.1. The summed E-state index contributed by atoms with van der Waals surface area (Å²) in [6.07, 6.45) is -4.72. The van der Waals surface area contributed by atoms with Gasteiger partial charge in [-0.25, -0.2) is 9.97 Å². The Kier molecular flexibility index (Phi) is 7.17. The van der Waals surface area contributed by atoms with Gasteiger partial charge in [0, 0.05) is 22.3 Å². The molecule has 0 fully saturated rings. The first-order chi connectivity index (χ1) is 19.2. The zero-order chi connectivity index (χ0) is 28.4. The number of methoxy groups -OCH3 is 3. The maximum Gasteiger partial charge on any atom is 0.433 e. The van der Waals surface area contributed by atoms with E-state index in [1.807, 2.05) is 31.2 Å². The highest BCUT2D eigenvalue weighted by Gasteiger charge is 2.34. The molecule has 0 radical (unpaired) electrons. The van der Waals surface area contributed by atoms with Crippen LogP contribution in [0.4, 0.5) is 13.2 Å². The number of ether oxygens (including phenoxy) is 3. The standard InChI is InChI=1S/C30H25F3N4O3/c1-18-27(19-8-12-22(38-2)13-9-19)36-37(28(18)20-10-14-23(39-3)15-11-20)29-34-25(17-26(35-29)30(31,32)33)21-6-5-7-24(16-21)40-4/h5-17H,1-4H3. The van der Waals surface area contributed by atoms with E-state index in [9.17, 15) is 13.2 Å². The molecular weight excluding hydrogens is 521 g/mol. The molecule has 0 aliphatic heterocycles. The van der Waals surface area contributed by atoms with Crippen LogP contribution in [0.5, 0.6) is 17.2 Å². The van der Waals surface area contributed by atoms with Gasteiger partial charge in [0.2, 0.25) is 0 Å². The highest BCUT2D eigenvalue weighted by Crippen LogP contribution is 2.36. The van der Waals surface area contributed by atoms with E-state index in [2.05, 4.69) is 9.97 Å². The Morgan fingerprint density at radius 3 is 1.85 bits per heavy atom. The topological polar surface area (TPSA) is 71.3 Å². The van der Waals surface area contributed by atoms with Crippen LogP contribution in [0, 0.1) is 6.92 Å². The summed E-state index contributed by atoms with van der Waals surface area (Å²) in [5.74, 6) is 1.57. The normalized spacial score (nSPS) is 11.4. The Bertz CT molecular complexity index is 1650. The summed E-state index contributed by atoms with van der Waals surface area (Å²) in [7, 11) is 4.62. The summed E-state index contributed by atoms with van der Waals surface area (Å²) in [5, 5.41) is 4.74. The second-order valence-corrected chi connectivity index (χ2v) is 8.86. The lowest BCUT2D eigenvalue weighted by Gasteiger charge is -2.13. The van der Waals surface area contributed by atoms with E-state index in [1.54, 1.807) is 62.8 Å². The highest BCUT2D eigenvalue weighted by molar-refractivity contribution is 5.76. The van der Waals surface area contributed by atoms with Gasteiger partial charge in [-0.2, -0.15) is 23.0 Å². The van der Waals surface area contributed by atoms with Crippen molar-refractivity contribution in [1.29, 1.82) is 0 Å². The van der Waals surface area contributed by atoms with E-state index in [1.165, 1.54) is 11.8 Å². The van der Waals surface area contributed by atoms with Crippen LogP contribution < -0.4 is 14.2 Å². The number of halogens is 3. The molecule has 2 heterocycles. The van der Waals surface area contributed by atoms with Crippen molar-refractivity contribution in [3.63, 3.8) is 0 Å². The Morgan fingerprint density at radius 1 is 0.675 bits per heavy atom. The van der Waals surface area contributed by atoms with Crippen molar-refractivity contribution < 1.29 is 27.4 Å². The van der Waals surface area contributed by atoms with Crippen LogP contribution in [0.3, 0.4) is 0 Å². The smallest absolute Gasteiger partial charge is 0.433 e. The fourth-order valence-corrected chi connectivity index (χ4v) is 4.36. The van der Waals surface area contributed by atoms with Crippen molar-refractivity contribution in [2.75, 3.05) is 21.3 Å². The summed E-state index contributed by atoms with van der Waals surface area (Å²) in [5.41, 5.74) is 2.74. The van der Waals surface area contributed by atoms with Crippen molar-refractivity contribution >= 4 is 0 Å². The van der Waals surface area contributed by atoms with E-state index in [4.69, 9.17) is 19.3 Å². The molecule has 0 unspecified atom stereocenters. The van der Waals surface area contributed by atoms with Gasteiger partial charge in [-0.3, -0.25) is 0 Å². The van der Waals surface area contributed by atoms with Crippen molar-refractivity contribution in [3.8, 4) is 57.0 Å². The van der Waals surface area contributed by atoms with E-state index in [-0.39, 0.29) is 11.6 Å². The molecule has 0 aliphatic rings. The first kappa shape index (κ1) is 26.7. The minimum Gasteiger partial charge on any atom is -0.497 e. The number of nitrogens with zero attached hydrogens (tertiary/aromatic N) is 4. The molecule has 0 N–H and O–H groups in total. The first-order valence-electron chi connectivity index (χ1n) is 12.2. The lowest BCUT2D eigenvalue weighted by Crippen LogP contribution is -2.14. The maximum atomic E-state index is 14.1. The molecule has 5 aromatic rings. The van der Waals surface area contributed by atoms with Crippen molar-refractivity contribution in [1.82, 2.24) is 19.7 Å². The zero-order valence-corrected chi connectivity index (χ0v) is 22.2. The van der Waals surface area contributed by atoms with Crippen LogP contribution >= 0.6 is 0 Å². The van der Waals surface area contributed by atoms with Crippen LogP contribution in [0.15, 0.2) is 78.9 Å². The predicted octanol–water partition coefficient (Wildman–Crippen LogP) is 7.02. The molecule has 0 spiro atoms. The third kappa shape index (κ3) is 5.20. The molecule has 3 aromatic carbocycles. The summed E-state index contributed by atoms with van der Waals surface area (Å²) >= 11 is 0.